The van der Waals surface area contributed by atoms with Gasteiger partial charge in [-0.25, -0.2) is 5.43 Å². The fourth-order valence-electron chi connectivity index (χ4n) is 2.61. The molecule has 0 aliphatic carbocycles. The number of benzene rings is 2. The largest absolute Gasteiger partial charge is 0.433 e. The second kappa shape index (κ2) is 7.58. The molecule has 0 aliphatic heterocycles. The maximum Gasteiger partial charge on any atom is 0.433 e. The zero-order valence-electron chi connectivity index (χ0n) is 14.5. The average Bonchev–Trinajstić information content (AvgIpc) is 3.37. The lowest BCUT2D eigenvalue weighted by Crippen LogP contribution is -1.90. The number of hydrogen-bond donors (Lipinski definition) is 1. The molecule has 0 atom stereocenters. The molecule has 0 saturated heterocycles. The van der Waals surface area contributed by atoms with E-state index in [2.05, 4.69) is 15.5 Å². The Kier molecular flexibility index (Phi) is 4.67. The van der Waals surface area contributed by atoms with Crippen LogP contribution >= 0.6 is 0 Å². The minimum absolute atomic E-state index is 0.190. The molecule has 2 aromatic carbocycles. The summed E-state index contributed by atoms with van der Waals surface area (Å²) < 4.78 is 10.9. The predicted molar refractivity (Wildman–Crippen MR) is 104 cm³/mol. The summed E-state index contributed by atoms with van der Waals surface area (Å²) in [6.45, 7) is 0. The molecule has 1 N–H and O–H groups in total. The van der Waals surface area contributed by atoms with Gasteiger partial charge >= 0.3 is 11.9 Å². The van der Waals surface area contributed by atoms with Crippen LogP contribution in [-0.4, -0.2) is 16.1 Å². The molecular formula is C20H14N4O4. The Bertz CT molecular complexity index is 1060. The molecule has 2 aromatic heterocycles. The van der Waals surface area contributed by atoms with E-state index >= 15 is 0 Å². The number of hydrazone groups is 1. The van der Waals surface area contributed by atoms with Crippen LogP contribution in [0.3, 0.4) is 0 Å². The Morgan fingerprint density at radius 2 is 1.61 bits per heavy atom. The van der Waals surface area contributed by atoms with Crippen LogP contribution in [0.2, 0.25) is 0 Å². The molecule has 4 aromatic rings. The van der Waals surface area contributed by atoms with Crippen molar-refractivity contribution in [1.29, 1.82) is 0 Å². The lowest BCUT2D eigenvalue weighted by atomic mass is 10.1. The number of anilines is 1. The van der Waals surface area contributed by atoms with Crippen molar-refractivity contribution < 1.29 is 13.8 Å². The topological polar surface area (TPSA) is 107 Å². The molecule has 8 nitrogen and oxygen atoms in total. The molecule has 4 rings (SSSR count). The summed E-state index contributed by atoms with van der Waals surface area (Å²) in [5.41, 5.74) is 5.16. The van der Waals surface area contributed by atoms with Crippen molar-refractivity contribution in [2.24, 2.45) is 5.10 Å². The minimum atomic E-state index is -0.614. The summed E-state index contributed by atoms with van der Waals surface area (Å²) in [6, 6.07) is 22.2. The summed E-state index contributed by atoms with van der Waals surface area (Å²) in [5, 5.41) is 14.6. The molecule has 0 amide bonds. The van der Waals surface area contributed by atoms with Gasteiger partial charge in [0.1, 0.15) is 10.6 Å². The van der Waals surface area contributed by atoms with Crippen molar-refractivity contribution in [1.82, 2.24) is 4.98 Å². The van der Waals surface area contributed by atoms with Gasteiger partial charge in [-0.05, 0) is 6.07 Å². The quantitative estimate of drug-likeness (QED) is 0.290. The van der Waals surface area contributed by atoms with Gasteiger partial charge in [0.15, 0.2) is 11.5 Å². The normalized spacial score (nSPS) is 11.0. The maximum atomic E-state index is 10.6. The van der Waals surface area contributed by atoms with E-state index < -0.39 is 4.92 Å². The van der Waals surface area contributed by atoms with Gasteiger partial charge in [0.25, 0.3) is 0 Å². The van der Waals surface area contributed by atoms with Gasteiger partial charge in [0, 0.05) is 11.1 Å². The van der Waals surface area contributed by atoms with E-state index in [4.69, 9.17) is 8.83 Å². The highest BCUT2D eigenvalue weighted by Gasteiger charge is 2.16. The predicted octanol–water partition coefficient (Wildman–Crippen LogP) is 4.96. The Balaban J connectivity index is 1.62. The van der Waals surface area contributed by atoms with E-state index in [0.29, 0.717) is 11.5 Å². The summed E-state index contributed by atoms with van der Waals surface area (Å²) in [5.74, 6) is 0.491. The SMILES string of the molecule is O=[N+]([O-])c1ccc(/C=N/Nc2nc(-c3ccccc3)c(-c3ccccc3)o2)o1. The number of oxazole rings is 1. The van der Waals surface area contributed by atoms with Crippen molar-refractivity contribution in [2.75, 3.05) is 5.43 Å². The van der Waals surface area contributed by atoms with Gasteiger partial charge in [-0.2, -0.15) is 10.1 Å². The van der Waals surface area contributed by atoms with Crippen molar-refractivity contribution in [3.8, 4) is 22.6 Å². The van der Waals surface area contributed by atoms with Gasteiger partial charge in [0.2, 0.25) is 0 Å². The standard InChI is InChI=1S/C20H14N4O4/c25-24(26)17-12-11-16(27-17)13-21-23-20-22-18(14-7-3-1-4-8-14)19(28-20)15-9-5-2-6-10-15/h1-13H,(H,22,23)/b21-13+. The number of rotatable bonds is 6. The molecule has 8 heteroatoms. The summed E-state index contributed by atoms with van der Waals surface area (Å²) in [4.78, 5) is 14.5. The van der Waals surface area contributed by atoms with Crippen LogP contribution in [0.15, 0.2) is 86.7 Å². The molecule has 28 heavy (non-hydrogen) atoms. The first-order valence-corrected chi connectivity index (χ1v) is 8.35. The third kappa shape index (κ3) is 3.65. The molecule has 0 fully saturated rings. The van der Waals surface area contributed by atoms with Gasteiger partial charge in [-0.1, -0.05) is 60.7 Å². The fourth-order valence-corrected chi connectivity index (χ4v) is 2.61. The third-order valence-corrected chi connectivity index (χ3v) is 3.85. The van der Waals surface area contributed by atoms with E-state index in [0.717, 1.165) is 11.1 Å². The molecule has 138 valence electrons. The summed E-state index contributed by atoms with van der Waals surface area (Å²) in [6.07, 6.45) is 1.31. The minimum Gasteiger partial charge on any atom is -0.422 e. The Hall–Kier alpha value is -4.20. The molecular weight excluding hydrogens is 360 g/mol. The number of furan rings is 1. The summed E-state index contributed by atoms with van der Waals surface area (Å²) in [7, 11) is 0. The van der Waals surface area contributed by atoms with Crippen LogP contribution in [0.4, 0.5) is 11.9 Å². The fraction of sp³-hybridized carbons (Fsp3) is 0. The van der Waals surface area contributed by atoms with E-state index in [9.17, 15) is 10.1 Å². The van der Waals surface area contributed by atoms with E-state index in [1.165, 1.54) is 18.3 Å². The molecule has 0 spiro atoms. The van der Waals surface area contributed by atoms with Crippen molar-refractivity contribution in [3.63, 3.8) is 0 Å². The Labute approximate surface area is 159 Å². The first kappa shape index (κ1) is 17.2. The molecule has 0 unspecified atom stereocenters. The van der Waals surface area contributed by atoms with E-state index in [-0.39, 0.29) is 17.7 Å². The van der Waals surface area contributed by atoms with Crippen LogP contribution < -0.4 is 5.43 Å². The van der Waals surface area contributed by atoms with Crippen molar-refractivity contribution >= 4 is 18.1 Å². The zero-order chi connectivity index (χ0) is 19.3. The lowest BCUT2D eigenvalue weighted by Gasteiger charge is -2.00. The van der Waals surface area contributed by atoms with Gasteiger partial charge < -0.3 is 8.83 Å². The highest BCUT2D eigenvalue weighted by molar-refractivity contribution is 5.79. The monoisotopic (exact) mass is 374 g/mol. The van der Waals surface area contributed by atoms with Crippen LogP contribution in [0.1, 0.15) is 5.76 Å². The average molecular weight is 374 g/mol. The van der Waals surface area contributed by atoms with Crippen molar-refractivity contribution in [3.05, 3.63) is 88.7 Å². The van der Waals surface area contributed by atoms with Gasteiger partial charge in [-0.15, -0.1) is 0 Å². The highest BCUT2D eigenvalue weighted by atomic mass is 16.6. The van der Waals surface area contributed by atoms with E-state index in [1.807, 2.05) is 60.7 Å². The number of nitrogens with zero attached hydrogens (tertiary/aromatic N) is 3. The van der Waals surface area contributed by atoms with E-state index in [1.54, 1.807) is 0 Å². The molecule has 0 aliphatic rings. The van der Waals surface area contributed by atoms with Gasteiger partial charge in [-0.3, -0.25) is 10.1 Å². The first-order valence-electron chi connectivity index (χ1n) is 8.35. The number of nitrogens with one attached hydrogen (secondary N) is 1. The molecule has 2 heterocycles. The molecule has 0 saturated carbocycles. The van der Waals surface area contributed by atoms with Crippen LogP contribution in [0.5, 0.6) is 0 Å². The van der Waals surface area contributed by atoms with Crippen LogP contribution in [0.25, 0.3) is 22.6 Å². The number of nitro groups is 1. The third-order valence-electron chi connectivity index (χ3n) is 3.85. The molecule has 0 radical (unpaired) electrons. The van der Waals surface area contributed by atoms with Gasteiger partial charge in [0.05, 0.1) is 12.3 Å². The second-order valence-electron chi connectivity index (χ2n) is 5.73. The number of hydrogen-bond acceptors (Lipinski definition) is 7. The smallest absolute Gasteiger partial charge is 0.422 e. The zero-order valence-corrected chi connectivity index (χ0v) is 14.5. The Morgan fingerprint density at radius 3 is 2.25 bits per heavy atom. The maximum absolute atomic E-state index is 10.6. The highest BCUT2D eigenvalue weighted by Crippen LogP contribution is 2.34. The lowest BCUT2D eigenvalue weighted by molar-refractivity contribution is -0.402. The van der Waals surface area contributed by atoms with Crippen molar-refractivity contribution in [2.45, 2.75) is 0 Å². The van der Waals surface area contributed by atoms with Crippen LogP contribution in [0, 0.1) is 10.1 Å². The molecule has 0 bridgehead atoms. The Morgan fingerprint density at radius 1 is 0.929 bits per heavy atom. The first-order chi connectivity index (χ1) is 13.7. The summed E-state index contributed by atoms with van der Waals surface area (Å²) >= 11 is 0. The second-order valence-corrected chi connectivity index (χ2v) is 5.73. The number of aromatic nitrogens is 1. The van der Waals surface area contributed by atoms with Crippen LogP contribution in [-0.2, 0) is 0 Å².